The molecular weight excluding hydrogens is 288 g/mol. The summed E-state index contributed by atoms with van der Waals surface area (Å²) in [4.78, 5) is 10.8. The quantitative estimate of drug-likeness (QED) is 0.209. The van der Waals surface area contributed by atoms with E-state index in [-0.39, 0.29) is 13.2 Å². The number of hydrogen-bond donors (Lipinski definition) is 5. The highest BCUT2D eigenvalue weighted by Crippen LogP contribution is 2.05. The Balaban J connectivity index is 0. The van der Waals surface area contributed by atoms with Crippen molar-refractivity contribution in [1.82, 2.24) is 10.6 Å². The molecule has 0 aromatic heterocycles. The van der Waals surface area contributed by atoms with Gasteiger partial charge >= 0.3 is 0 Å². The molecular formula is C11H24N2O6S. The molecule has 0 saturated heterocycles. The molecule has 0 fully saturated rings. The van der Waals surface area contributed by atoms with Crippen molar-refractivity contribution in [2.75, 3.05) is 32.1 Å². The lowest BCUT2D eigenvalue weighted by molar-refractivity contribution is -0.117. The molecule has 0 radical (unpaired) electrons. The van der Waals surface area contributed by atoms with Crippen LogP contribution >= 0.6 is 0 Å². The molecule has 5 N–H and O–H groups in total. The first kappa shape index (κ1) is 21.3. The van der Waals surface area contributed by atoms with Gasteiger partial charge in [0.25, 0.3) is 10.1 Å². The number of aliphatic hydroxyl groups is 2. The molecule has 0 unspecified atom stereocenters. The van der Waals surface area contributed by atoms with E-state index in [2.05, 4.69) is 17.2 Å². The molecule has 0 bridgehead atoms. The molecule has 9 heteroatoms. The third-order valence-corrected chi connectivity index (χ3v) is 2.85. The third kappa shape index (κ3) is 17.0. The van der Waals surface area contributed by atoms with Crippen LogP contribution in [0.4, 0.5) is 0 Å². The van der Waals surface area contributed by atoms with Gasteiger partial charge in [0.2, 0.25) is 5.91 Å². The molecule has 0 atom stereocenters. The van der Waals surface area contributed by atoms with Gasteiger partial charge in [-0.15, -0.1) is 0 Å². The van der Waals surface area contributed by atoms with E-state index in [1.807, 2.05) is 0 Å². The molecule has 0 saturated carbocycles. The Morgan fingerprint density at radius 2 is 1.70 bits per heavy atom. The standard InChI is InChI=1S/C7H13NO4S.C4H11NO2/c1-4-6(9)8-7(2,3)5-13(10,11)12;6-3-1-5-2-4-7/h4H,1,5H2,2-3H3,(H,8,9)(H,10,11,12);5-7H,1-4H2. The van der Waals surface area contributed by atoms with Crippen LogP contribution in [-0.4, -0.2) is 66.7 Å². The summed E-state index contributed by atoms with van der Waals surface area (Å²) in [6.07, 6.45) is 1.03. The van der Waals surface area contributed by atoms with Crippen LogP contribution in [0.15, 0.2) is 12.7 Å². The molecule has 0 heterocycles. The van der Waals surface area contributed by atoms with E-state index in [9.17, 15) is 13.2 Å². The van der Waals surface area contributed by atoms with Gasteiger partial charge in [-0.3, -0.25) is 9.35 Å². The Bertz CT molecular complexity index is 376. The van der Waals surface area contributed by atoms with Gasteiger partial charge in [-0.1, -0.05) is 6.58 Å². The lowest BCUT2D eigenvalue weighted by Gasteiger charge is -2.23. The SMILES string of the molecule is C=CC(=O)NC(C)(C)CS(=O)(=O)O.OCCNCCO. The number of hydrogen-bond acceptors (Lipinski definition) is 6. The number of rotatable bonds is 8. The average Bonchev–Trinajstić information content (AvgIpc) is 2.26. The summed E-state index contributed by atoms with van der Waals surface area (Å²) in [5.41, 5.74) is -1.00. The third-order valence-electron chi connectivity index (χ3n) is 1.77. The molecule has 0 spiro atoms. The van der Waals surface area contributed by atoms with Crippen molar-refractivity contribution in [2.45, 2.75) is 19.4 Å². The van der Waals surface area contributed by atoms with Gasteiger partial charge in [-0.2, -0.15) is 8.42 Å². The van der Waals surface area contributed by atoms with Gasteiger partial charge < -0.3 is 20.8 Å². The van der Waals surface area contributed by atoms with E-state index in [1.165, 1.54) is 13.8 Å². The number of carbonyl (C=O) groups excluding carboxylic acids is 1. The van der Waals surface area contributed by atoms with E-state index < -0.39 is 27.3 Å². The van der Waals surface area contributed by atoms with Crippen LogP contribution in [0.3, 0.4) is 0 Å². The molecule has 0 aliphatic heterocycles. The second-order valence-electron chi connectivity index (χ2n) is 4.50. The second-order valence-corrected chi connectivity index (χ2v) is 5.95. The summed E-state index contributed by atoms with van der Waals surface area (Å²) in [7, 11) is -4.08. The van der Waals surface area contributed by atoms with Crippen LogP contribution in [0, 0.1) is 0 Å². The first-order valence-corrected chi connectivity index (χ1v) is 7.51. The van der Waals surface area contributed by atoms with Crippen molar-refractivity contribution in [3.63, 3.8) is 0 Å². The summed E-state index contributed by atoms with van der Waals surface area (Å²) in [6.45, 7) is 7.61. The van der Waals surface area contributed by atoms with Crippen molar-refractivity contribution < 1.29 is 28.0 Å². The highest BCUT2D eigenvalue weighted by atomic mass is 32.2. The molecule has 0 aliphatic rings. The van der Waals surface area contributed by atoms with Crippen LogP contribution in [0.5, 0.6) is 0 Å². The molecule has 120 valence electrons. The van der Waals surface area contributed by atoms with Crippen molar-refractivity contribution in [3.8, 4) is 0 Å². The molecule has 8 nitrogen and oxygen atoms in total. The van der Waals surface area contributed by atoms with E-state index in [0.29, 0.717) is 13.1 Å². The Hall–Kier alpha value is -1.00. The molecule has 0 aromatic carbocycles. The summed E-state index contributed by atoms with van der Waals surface area (Å²) in [5, 5.41) is 21.4. The molecule has 1 amide bonds. The van der Waals surface area contributed by atoms with Crippen molar-refractivity contribution in [2.24, 2.45) is 0 Å². The summed E-state index contributed by atoms with van der Waals surface area (Å²) in [6, 6.07) is 0. The number of nitrogens with one attached hydrogen (secondary N) is 2. The Kier molecular flexibility index (Phi) is 11.4. The maximum atomic E-state index is 10.8. The minimum atomic E-state index is -4.08. The van der Waals surface area contributed by atoms with E-state index >= 15 is 0 Å². The summed E-state index contributed by atoms with van der Waals surface area (Å²) >= 11 is 0. The van der Waals surface area contributed by atoms with Crippen LogP contribution in [0.25, 0.3) is 0 Å². The van der Waals surface area contributed by atoms with E-state index in [4.69, 9.17) is 14.8 Å². The predicted octanol–water partition coefficient (Wildman–Crippen LogP) is -1.48. The van der Waals surface area contributed by atoms with Crippen LogP contribution in [0.1, 0.15) is 13.8 Å². The highest BCUT2D eigenvalue weighted by Gasteiger charge is 2.25. The Morgan fingerprint density at radius 1 is 1.25 bits per heavy atom. The normalized spacial score (nSPS) is 11.2. The minimum Gasteiger partial charge on any atom is -0.395 e. The largest absolute Gasteiger partial charge is 0.395 e. The van der Waals surface area contributed by atoms with Crippen molar-refractivity contribution in [1.29, 1.82) is 0 Å². The Labute approximate surface area is 119 Å². The minimum absolute atomic E-state index is 0.139. The summed E-state index contributed by atoms with van der Waals surface area (Å²) in [5.74, 6) is -1.01. The fraction of sp³-hybridized carbons (Fsp3) is 0.727. The maximum absolute atomic E-state index is 10.8. The monoisotopic (exact) mass is 312 g/mol. The first-order valence-electron chi connectivity index (χ1n) is 5.90. The topological polar surface area (TPSA) is 136 Å². The lowest BCUT2D eigenvalue weighted by Crippen LogP contribution is -2.47. The van der Waals surface area contributed by atoms with E-state index in [1.54, 1.807) is 0 Å². The number of aliphatic hydroxyl groups excluding tert-OH is 2. The summed E-state index contributed by atoms with van der Waals surface area (Å²) < 4.78 is 29.5. The van der Waals surface area contributed by atoms with Gasteiger partial charge in [-0.25, -0.2) is 0 Å². The highest BCUT2D eigenvalue weighted by molar-refractivity contribution is 7.85. The van der Waals surface area contributed by atoms with Gasteiger partial charge in [0, 0.05) is 13.1 Å². The van der Waals surface area contributed by atoms with Crippen LogP contribution < -0.4 is 10.6 Å². The fourth-order valence-electron chi connectivity index (χ4n) is 1.16. The smallest absolute Gasteiger partial charge is 0.267 e. The van der Waals surface area contributed by atoms with Gasteiger partial charge in [0.05, 0.1) is 24.5 Å². The zero-order valence-corrected chi connectivity index (χ0v) is 12.6. The second kappa shape index (κ2) is 10.7. The van der Waals surface area contributed by atoms with Gasteiger partial charge in [0.1, 0.15) is 0 Å². The maximum Gasteiger partial charge on any atom is 0.267 e. The Morgan fingerprint density at radius 3 is 2.00 bits per heavy atom. The zero-order chi connectivity index (χ0) is 16.2. The molecule has 0 aliphatic carbocycles. The number of carbonyl (C=O) groups is 1. The molecule has 0 aromatic rings. The fourth-order valence-corrected chi connectivity index (χ4v) is 2.14. The molecule has 0 rings (SSSR count). The van der Waals surface area contributed by atoms with Crippen LogP contribution in [0.2, 0.25) is 0 Å². The average molecular weight is 312 g/mol. The van der Waals surface area contributed by atoms with Crippen molar-refractivity contribution in [3.05, 3.63) is 12.7 Å². The predicted molar refractivity (Wildman–Crippen MR) is 75.9 cm³/mol. The number of amides is 1. The molecule has 20 heavy (non-hydrogen) atoms. The lowest BCUT2D eigenvalue weighted by atomic mass is 10.1. The first-order chi connectivity index (χ1) is 9.08. The van der Waals surface area contributed by atoms with Gasteiger partial charge in [0.15, 0.2) is 0 Å². The zero-order valence-electron chi connectivity index (χ0n) is 11.8. The van der Waals surface area contributed by atoms with Gasteiger partial charge in [-0.05, 0) is 19.9 Å². The van der Waals surface area contributed by atoms with Crippen molar-refractivity contribution >= 4 is 16.0 Å². The van der Waals surface area contributed by atoms with E-state index in [0.717, 1.165) is 6.08 Å². The van der Waals surface area contributed by atoms with Crippen LogP contribution in [-0.2, 0) is 14.9 Å².